The van der Waals surface area contributed by atoms with Gasteiger partial charge in [-0.25, -0.2) is 0 Å². The van der Waals surface area contributed by atoms with Crippen LogP contribution in [0, 0.1) is 0 Å². The van der Waals surface area contributed by atoms with Crippen molar-refractivity contribution >= 4 is 15.9 Å². The van der Waals surface area contributed by atoms with Crippen LogP contribution in [0.3, 0.4) is 0 Å². The molecule has 8 heteroatoms. The van der Waals surface area contributed by atoms with E-state index in [2.05, 4.69) is 26.1 Å². The van der Waals surface area contributed by atoms with E-state index in [1.165, 1.54) is 12.1 Å². The van der Waals surface area contributed by atoms with E-state index in [0.29, 0.717) is 6.42 Å². The van der Waals surface area contributed by atoms with Gasteiger partial charge in [0.1, 0.15) is 0 Å². The van der Waals surface area contributed by atoms with Crippen molar-refractivity contribution in [2.75, 3.05) is 0 Å². The van der Waals surface area contributed by atoms with E-state index in [-0.39, 0.29) is 21.8 Å². The van der Waals surface area contributed by atoms with Crippen molar-refractivity contribution in [3.63, 3.8) is 0 Å². The van der Waals surface area contributed by atoms with Gasteiger partial charge in [-0.1, -0.05) is 28.0 Å². The van der Waals surface area contributed by atoms with Crippen LogP contribution in [0.2, 0.25) is 0 Å². The van der Waals surface area contributed by atoms with Crippen LogP contribution in [0.4, 0.5) is 13.2 Å². The van der Waals surface area contributed by atoms with Crippen molar-refractivity contribution in [1.82, 2.24) is 10.1 Å². The van der Waals surface area contributed by atoms with Crippen LogP contribution in [0.15, 0.2) is 27.2 Å². The zero-order valence-electron chi connectivity index (χ0n) is 10.4. The number of nitrogens with two attached hydrogens (primary N) is 1. The van der Waals surface area contributed by atoms with E-state index in [0.717, 1.165) is 6.07 Å². The number of halogens is 4. The maximum absolute atomic E-state index is 12.8. The molecule has 2 N–H and O–H groups in total. The fourth-order valence-corrected chi connectivity index (χ4v) is 2.03. The third-order valence-corrected chi connectivity index (χ3v) is 3.42. The van der Waals surface area contributed by atoms with Gasteiger partial charge in [-0.05, 0) is 24.6 Å². The Labute approximate surface area is 121 Å². The predicted molar refractivity (Wildman–Crippen MR) is 69.7 cm³/mol. The smallest absolute Gasteiger partial charge is 0.334 e. The van der Waals surface area contributed by atoms with Crippen LogP contribution < -0.4 is 5.73 Å². The Hall–Kier alpha value is -1.41. The minimum atomic E-state index is -4.46. The summed E-state index contributed by atoms with van der Waals surface area (Å²) in [5.41, 5.74) is 5.14. The molecule has 0 amide bonds. The fraction of sp³-hybridized carbons (Fsp3) is 0.333. The summed E-state index contributed by atoms with van der Waals surface area (Å²) in [7, 11) is 0. The first kappa shape index (κ1) is 15.0. The molecule has 20 heavy (non-hydrogen) atoms. The van der Waals surface area contributed by atoms with Gasteiger partial charge >= 0.3 is 6.18 Å². The van der Waals surface area contributed by atoms with Crippen molar-refractivity contribution < 1.29 is 17.7 Å². The Morgan fingerprint density at radius 2 is 2.10 bits per heavy atom. The molecule has 108 valence electrons. The second kappa shape index (κ2) is 5.53. The highest BCUT2D eigenvalue weighted by molar-refractivity contribution is 9.10. The summed E-state index contributed by atoms with van der Waals surface area (Å²) >= 11 is 2.87. The van der Waals surface area contributed by atoms with Crippen LogP contribution in [0.5, 0.6) is 0 Å². The van der Waals surface area contributed by atoms with E-state index in [4.69, 9.17) is 10.3 Å². The number of benzene rings is 1. The average Bonchev–Trinajstić information content (AvgIpc) is 2.86. The molecule has 1 atom stereocenters. The first-order valence-corrected chi connectivity index (χ1v) is 6.58. The molecule has 1 unspecified atom stereocenters. The Morgan fingerprint density at radius 1 is 1.40 bits per heavy atom. The van der Waals surface area contributed by atoms with Crippen LogP contribution in [-0.2, 0) is 6.18 Å². The molecule has 0 aliphatic carbocycles. The molecule has 0 saturated heterocycles. The minimum absolute atomic E-state index is 0.0156. The topological polar surface area (TPSA) is 64.9 Å². The summed E-state index contributed by atoms with van der Waals surface area (Å²) in [5.74, 6) is 0.292. The Morgan fingerprint density at radius 3 is 2.70 bits per heavy atom. The number of rotatable bonds is 3. The zero-order valence-corrected chi connectivity index (χ0v) is 12.0. The molecule has 4 nitrogen and oxygen atoms in total. The van der Waals surface area contributed by atoms with Gasteiger partial charge in [-0.2, -0.15) is 18.2 Å². The summed E-state index contributed by atoms with van der Waals surface area (Å²) in [6, 6.07) is 3.32. The van der Waals surface area contributed by atoms with Crippen molar-refractivity contribution in [3.05, 3.63) is 34.1 Å². The summed E-state index contributed by atoms with van der Waals surface area (Å²) in [5, 5.41) is 3.67. The lowest BCUT2D eigenvalue weighted by Gasteiger charge is -2.09. The van der Waals surface area contributed by atoms with Gasteiger partial charge in [0, 0.05) is 10.0 Å². The summed E-state index contributed by atoms with van der Waals surface area (Å²) in [6.45, 7) is 1.85. The molecule has 1 aromatic carbocycles. The van der Waals surface area contributed by atoms with E-state index in [1.54, 1.807) is 0 Å². The van der Waals surface area contributed by atoms with Crippen molar-refractivity contribution in [3.8, 4) is 11.5 Å². The standard InChI is InChI=1S/C12H11BrF3N3O/c1-2-9(17)10-18-11(20-19-10)6-3-4-8(13)7(5-6)12(14,15)16/h3-5,9H,2,17H2,1H3. The Bertz CT molecular complexity index is 612. The number of hydrogen-bond donors (Lipinski definition) is 1. The Kier molecular flexibility index (Phi) is 4.14. The first-order valence-electron chi connectivity index (χ1n) is 5.79. The molecule has 0 aliphatic rings. The molecule has 0 radical (unpaired) electrons. The van der Waals surface area contributed by atoms with Gasteiger partial charge in [-0.15, -0.1) is 0 Å². The average molecular weight is 350 g/mol. The molecule has 0 fully saturated rings. The Balaban J connectivity index is 2.41. The molecule has 0 bridgehead atoms. The molecule has 1 aromatic heterocycles. The monoisotopic (exact) mass is 349 g/mol. The minimum Gasteiger partial charge on any atom is -0.334 e. The highest BCUT2D eigenvalue weighted by Gasteiger charge is 2.33. The molecule has 0 aliphatic heterocycles. The lowest BCUT2D eigenvalue weighted by molar-refractivity contribution is -0.138. The molecule has 0 saturated carbocycles. The maximum atomic E-state index is 12.8. The lowest BCUT2D eigenvalue weighted by atomic mass is 10.1. The summed E-state index contributed by atoms with van der Waals surface area (Å²) in [6.07, 6.45) is -3.86. The highest BCUT2D eigenvalue weighted by Crippen LogP contribution is 2.37. The molecular weight excluding hydrogens is 339 g/mol. The second-order valence-corrected chi connectivity index (χ2v) is 5.02. The van der Waals surface area contributed by atoms with Crippen LogP contribution in [-0.4, -0.2) is 10.1 Å². The first-order chi connectivity index (χ1) is 9.32. The number of hydrogen-bond acceptors (Lipinski definition) is 4. The lowest BCUT2D eigenvalue weighted by Crippen LogP contribution is -2.10. The van der Waals surface area contributed by atoms with Gasteiger partial charge in [0.15, 0.2) is 5.82 Å². The third-order valence-electron chi connectivity index (χ3n) is 2.73. The van der Waals surface area contributed by atoms with Crippen molar-refractivity contribution in [2.24, 2.45) is 5.73 Å². The maximum Gasteiger partial charge on any atom is 0.417 e. The van der Waals surface area contributed by atoms with Crippen molar-refractivity contribution in [2.45, 2.75) is 25.6 Å². The predicted octanol–water partition coefficient (Wildman–Crippen LogP) is 3.93. The van der Waals surface area contributed by atoms with E-state index >= 15 is 0 Å². The third kappa shape index (κ3) is 3.01. The van der Waals surface area contributed by atoms with Gasteiger partial charge in [0.25, 0.3) is 5.89 Å². The van der Waals surface area contributed by atoms with E-state index < -0.39 is 17.8 Å². The molecule has 2 aromatic rings. The zero-order chi connectivity index (χ0) is 14.9. The summed E-state index contributed by atoms with van der Waals surface area (Å²) in [4.78, 5) is 4.02. The van der Waals surface area contributed by atoms with Gasteiger partial charge in [-0.3, -0.25) is 0 Å². The van der Waals surface area contributed by atoms with E-state index in [9.17, 15) is 13.2 Å². The molecule has 1 heterocycles. The molecule has 0 spiro atoms. The number of alkyl halides is 3. The quantitative estimate of drug-likeness (QED) is 0.911. The van der Waals surface area contributed by atoms with Crippen LogP contribution in [0.25, 0.3) is 11.5 Å². The normalized spacial score (nSPS) is 13.5. The number of aromatic nitrogens is 2. The van der Waals surface area contributed by atoms with E-state index in [1.807, 2.05) is 6.92 Å². The number of nitrogens with zero attached hydrogens (tertiary/aromatic N) is 2. The van der Waals surface area contributed by atoms with Crippen LogP contribution >= 0.6 is 15.9 Å². The summed E-state index contributed by atoms with van der Waals surface area (Å²) < 4.78 is 43.4. The van der Waals surface area contributed by atoms with Crippen LogP contribution in [0.1, 0.15) is 30.8 Å². The van der Waals surface area contributed by atoms with Gasteiger partial charge in [0.05, 0.1) is 11.6 Å². The van der Waals surface area contributed by atoms with Gasteiger partial charge in [0.2, 0.25) is 0 Å². The highest BCUT2D eigenvalue weighted by atomic mass is 79.9. The largest absolute Gasteiger partial charge is 0.417 e. The second-order valence-electron chi connectivity index (χ2n) is 4.16. The fourth-order valence-electron chi connectivity index (χ4n) is 1.56. The molecular formula is C12H11BrF3N3O. The van der Waals surface area contributed by atoms with Crippen molar-refractivity contribution in [1.29, 1.82) is 0 Å². The molecule has 2 rings (SSSR count). The van der Waals surface area contributed by atoms with Gasteiger partial charge < -0.3 is 10.3 Å². The SMILES string of the molecule is CCC(N)c1noc(-c2ccc(Br)c(C(F)(F)F)c2)n1.